The summed E-state index contributed by atoms with van der Waals surface area (Å²) in [6.45, 7) is 1.05. The normalized spacial score (nSPS) is 20.2. The van der Waals surface area contributed by atoms with Gasteiger partial charge in [-0.3, -0.25) is 14.9 Å². The van der Waals surface area contributed by atoms with E-state index < -0.39 is 49.5 Å². The number of rotatable bonds is 8. The number of carbonyl (C=O) groups is 2. The third-order valence-electron chi connectivity index (χ3n) is 6.40. The zero-order chi connectivity index (χ0) is 24.6. The molecule has 10 nitrogen and oxygen atoms in total. The molecule has 4 rings (SSSR count). The summed E-state index contributed by atoms with van der Waals surface area (Å²) >= 11 is 0. The number of para-hydroxylation sites is 1. The van der Waals surface area contributed by atoms with Gasteiger partial charge in [-0.05, 0) is 42.9 Å². The number of piperazine rings is 1. The summed E-state index contributed by atoms with van der Waals surface area (Å²) in [5.41, 5.74) is 1.41. The number of amides is 1. The van der Waals surface area contributed by atoms with Gasteiger partial charge in [-0.15, -0.1) is 0 Å². The van der Waals surface area contributed by atoms with Crippen LogP contribution in [0.3, 0.4) is 0 Å². The van der Waals surface area contributed by atoms with Crippen LogP contribution in [0.15, 0.2) is 53.4 Å². The number of nitro benzene ring substituents is 1. The highest BCUT2D eigenvalue weighted by Crippen LogP contribution is 2.40. The fourth-order valence-corrected chi connectivity index (χ4v) is 6.10. The molecule has 0 bridgehead atoms. The van der Waals surface area contributed by atoms with Crippen molar-refractivity contribution in [2.45, 2.75) is 49.1 Å². The molecule has 0 radical (unpaired) electrons. The van der Waals surface area contributed by atoms with Gasteiger partial charge in [-0.2, -0.15) is 4.31 Å². The van der Waals surface area contributed by atoms with E-state index in [0.29, 0.717) is 5.92 Å². The van der Waals surface area contributed by atoms with Gasteiger partial charge in [0.15, 0.2) is 4.90 Å². The van der Waals surface area contributed by atoms with Gasteiger partial charge >= 0.3 is 5.97 Å². The van der Waals surface area contributed by atoms with Crippen molar-refractivity contribution in [3.05, 3.63) is 69.8 Å². The molecule has 2 aromatic rings. The number of benzene rings is 2. The van der Waals surface area contributed by atoms with E-state index in [1.54, 1.807) is 0 Å². The Morgan fingerprint density at radius 3 is 2.38 bits per heavy atom. The quantitative estimate of drug-likeness (QED) is 0.446. The van der Waals surface area contributed by atoms with Crippen LogP contribution in [0.25, 0.3) is 0 Å². The molecule has 1 unspecified atom stereocenters. The van der Waals surface area contributed by atoms with E-state index in [0.717, 1.165) is 34.8 Å². The molecule has 1 aliphatic heterocycles. The Labute approximate surface area is 197 Å². The molecule has 2 aromatic carbocycles. The number of carbonyl (C=O) groups excluding carboxylic acids is 1. The highest BCUT2D eigenvalue weighted by atomic mass is 32.2. The number of nitrogens with zero attached hydrogens (tertiary/aromatic N) is 3. The van der Waals surface area contributed by atoms with Gasteiger partial charge in [0.05, 0.1) is 4.92 Å². The molecule has 11 heteroatoms. The molecular formula is C23H25N3O7S. The SMILES string of the molecule is C[C@H]1C(=O)N(C(Cc2ccc(C3CC3)cc2)C(=O)O)CCN1S(=O)(=O)c1ccccc1[N+](=O)[O-]. The molecule has 1 saturated carbocycles. The van der Waals surface area contributed by atoms with Crippen LogP contribution in [-0.4, -0.2) is 64.7 Å². The minimum Gasteiger partial charge on any atom is -0.480 e. The summed E-state index contributed by atoms with van der Waals surface area (Å²) in [4.78, 5) is 36.4. The number of aliphatic carboxylic acids is 1. The lowest BCUT2D eigenvalue weighted by Gasteiger charge is -2.40. The van der Waals surface area contributed by atoms with Gasteiger partial charge in [-0.25, -0.2) is 13.2 Å². The van der Waals surface area contributed by atoms with Crippen molar-refractivity contribution in [1.82, 2.24) is 9.21 Å². The Hall–Kier alpha value is -3.31. The maximum Gasteiger partial charge on any atom is 0.326 e. The number of hydrogen-bond donors (Lipinski definition) is 1. The smallest absolute Gasteiger partial charge is 0.326 e. The molecule has 1 N–H and O–H groups in total. The average Bonchev–Trinajstić information content (AvgIpc) is 3.65. The molecule has 34 heavy (non-hydrogen) atoms. The van der Waals surface area contributed by atoms with Crippen LogP contribution in [-0.2, 0) is 26.0 Å². The molecule has 1 saturated heterocycles. The summed E-state index contributed by atoms with van der Waals surface area (Å²) < 4.78 is 27.3. The predicted molar refractivity (Wildman–Crippen MR) is 122 cm³/mol. The van der Waals surface area contributed by atoms with Crippen molar-refractivity contribution in [3.8, 4) is 0 Å². The van der Waals surface area contributed by atoms with Gasteiger partial charge in [-0.1, -0.05) is 36.4 Å². The first kappa shape index (κ1) is 23.8. The van der Waals surface area contributed by atoms with Gasteiger partial charge in [0.2, 0.25) is 5.91 Å². The van der Waals surface area contributed by atoms with Gasteiger partial charge < -0.3 is 10.0 Å². The van der Waals surface area contributed by atoms with Gasteiger partial charge in [0, 0.05) is 25.6 Å². The molecule has 2 atom stereocenters. The van der Waals surface area contributed by atoms with Crippen LogP contribution in [0.4, 0.5) is 5.69 Å². The van der Waals surface area contributed by atoms with Crippen LogP contribution < -0.4 is 0 Å². The Bertz CT molecular complexity index is 1230. The molecule has 0 spiro atoms. The Balaban J connectivity index is 1.54. The Morgan fingerprint density at radius 1 is 1.15 bits per heavy atom. The minimum atomic E-state index is -4.36. The molecule has 1 amide bonds. The molecule has 0 aromatic heterocycles. The average molecular weight is 488 g/mol. The van der Waals surface area contributed by atoms with Crippen LogP contribution in [0, 0.1) is 10.1 Å². The summed E-state index contributed by atoms with van der Waals surface area (Å²) in [5.74, 6) is -1.26. The number of sulfonamides is 1. The fraction of sp³-hybridized carbons (Fsp3) is 0.391. The highest BCUT2D eigenvalue weighted by molar-refractivity contribution is 7.89. The van der Waals surface area contributed by atoms with Gasteiger partial charge in [0.25, 0.3) is 15.7 Å². The molecule has 2 fully saturated rings. The lowest BCUT2D eigenvalue weighted by Crippen LogP contribution is -2.61. The van der Waals surface area contributed by atoms with Crippen LogP contribution >= 0.6 is 0 Å². The van der Waals surface area contributed by atoms with Crippen molar-refractivity contribution < 1.29 is 28.0 Å². The maximum absolute atomic E-state index is 13.2. The third kappa shape index (κ3) is 4.53. The van der Waals surface area contributed by atoms with Gasteiger partial charge in [0.1, 0.15) is 12.1 Å². The van der Waals surface area contributed by atoms with E-state index in [2.05, 4.69) is 0 Å². The monoisotopic (exact) mass is 487 g/mol. The van der Waals surface area contributed by atoms with E-state index >= 15 is 0 Å². The summed E-state index contributed by atoms with van der Waals surface area (Å²) in [7, 11) is -4.36. The lowest BCUT2D eigenvalue weighted by molar-refractivity contribution is -0.387. The van der Waals surface area contributed by atoms with Crippen LogP contribution in [0.5, 0.6) is 0 Å². The summed E-state index contributed by atoms with van der Waals surface area (Å²) in [6.07, 6.45) is 2.40. The zero-order valence-electron chi connectivity index (χ0n) is 18.5. The van der Waals surface area contributed by atoms with Crippen molar-refractivity contribution in [3.63, 3.8) is 0 Å². The zero-order valence-corrected chi connectivity index (χ0v) is 19.3. The van der Waals surface area contributed by atoms with E-state index in [1.807, 2.05) is 24.3 Å². The molecular weight excluding hydrogens is 462 g/mol. The first-order valence-corrected chi connectivity index (χ1v) is 12.4. The van der Waals surface area contributed by atoms with Crippen LogP contribution in [0.2, 0.25) is 0 Å². The topological polar surface area (TPSA) is 138 Å². The fourth-order valence-electron chi connectivity index (χ4n) is 4.36. The van der Waals surface area contributed by atoms with Crippen molar-refractivity contribution in [2.75, 3.05) is 13.1 Å². The minimum absolute atomic E-state index is 0.0929. The highest BCUT2D eigenvalue weighted by Gasteiger charge is 2.44. The second-order valence-corrected chi connectivity index (χ2v) is 10.5. The molecule has 2 aliphatic rings. The van der Waals surface area contributed by atoms with E-state index in [9.17, 15) is 33.2 Å². The molecule has 180 valence electrons. The van der Waals surface area contributed by atoms with Crippen molar-refractivity contribution in [1.29, 1.82) is 0 Å². The van der Waals surface area contributed by atoms with Crippen LogP contribution in [0.1, 0.15) is 36.8 Å². The van der Waals surface area contributed by atoms with Crippen molar-refractivity contribution >= 4 is 27.6 Å². The number of nitro groups is 1. The summed E-state index contributed by atoms with van der Waals surface area (Å²) in [6, 6.07) is 10.3. The summed E-state index contributed by atoms with van der Waals surface area (Å²) in [5, 5.41) is 21.2. The molecule has 1 heterocycles. The number of hydrogen-bond acceptors (Lipinski definition) is 6. The molecule has 1 aliphatic carbocycles. The van der Waals surface area contributed by atoms with E-state index in [4.69, 9.17) is 0 Å². The van der Waals surface area contributed by atoms with E-state index in [-0.39, 0.29) is 19.5 Å². The van der Waals surface area contributed by atoms with E-state index in [1.165, 1.54) is 29.5 Å². The standard InChI is InChI=1S/C23H25N3O7S/c1-15-22(27)24(20(23(28)29)14-16-6-8-17(9-7-16)18-10-11-18)12-13-25(15)34(32,33)21-5-3-2-4-19(21)26(30)31/h2-9,15,18,20H,10-14H2,1H3,(H,28,29)/t15-,20?/m0/s1. The number of carboxylic acid groups (broad SMARTS) is 1. The predicted octanol–water partition coefficient (Wildman–Crippen LogP) is 2.39. The third-order valence-corrected chi connectivity index (χ3v) is 8.42. The number of carboxylic acids is 1. The van der Waals surface area contributed by atoms with Crippen molar-refractivity contribution in [2.24, 2.45) is 0 Å². The second-order valence-electron chi connectivity index (χ2n) is 8.62. The largest absolute Gasteiger partial charge is 0.480 e. The Kier molecular flexibility index (Phi) is 6.41. The first-order chi connectivity index (χ1) is 16.1. The first-order valence-electron chi connectivity index (χ1n) is 11.0. The second kappa shape index (κ2) is 9.15. The lowest BCUT2D eigenvalue weighted by atomic mass is 10.0. The maximum atomic E-state index is 13.2. The Morgan fingerprint density at radius 2 is 1.79 bits per heavy atom.